The van der Waals surface area contributed by atoms with Gasteiger partial charge in [-0.15, -0.1) is 0 Å². The highest BCUT2D eigenvalue weighted by molar-refractivity contribution is 6.29. The minimum atomic E-state index is -0.318. The number of hydrogen-bond donors (Lipinski definition) is 0. The molecule has 0 heterocycles. The van der Waals surface area contributed by atoms with Gasteiger partial charge in [0.25, 0.3) is 0 Å². The molecule has 0 saturated heterocycles. The van der Waals surface area contributed by atoms with Crippen molar-refractivity contribution in [3.8, 4) is 0 Å². The third-order valence-corrected chi connectivity index (χ3v) is 7.03. The molecule has 2 nitrogen and oxygen atoms in total. The van der Waals surface area contributed by atoms with Gasteiger partial charge in [0.2, 0.25) is 0 Å². The lowest BCUT2D eigenvalue weighted by Gasteiger charge is -2.26. The van der Waals surface area contributed by atoms with Crippen molar-refractivity contribution >= 4 is 19.5 Å². The largest absolute Gasteiger partial charge is 0.419 e. The minimum absolute atomic E-state index is 0.123. The van der Waals surface area contributed by atoms with E-state index in [1.54, 1.807) is 0 Å². The maximum Gasteiger partial charge on any atom is 0.162 e. The van der Waals surface area contributed by atoms with Crippen LogP contribution in [-0.4, -0.2) is 30.7 Å². The van der Waals surface area contributed by atoms with Crippen LogP contribution >= 0.6 is 0 Å². The minimum Gasteiger partial charge on any atom is -0.419 e. The van der Waals surface area contributed by atoms with Gasteiger partial charge >= 0.3 is 0 Å². The molecule has 0 aliphatic carbocycles. The number of hydrogen-bond acceptors (Lipinski definition) is 2. The zero-order chi connectivity index (χ0) is 14.8. The van der Waals surface area contributed by atoms with Crippen molar-refractivity contribution in [3.63, 3.8) is 0 Å². The Kier molecular flexibility index (Phi) is 10.3. The zero-order valence-corrected chi connectivity index (χ0v) is 17.0. The van der Waals surface area contributed by atoms with Crippen LogP contribution in [0.1, 0.15) is 73.6 Å². The van der Waals surface area contributed by atoms with Crippen molar-refractivity contribution in [2.24, 2.45) is 0 Å². The van der Waals surface area contributed by atoms with Crippen LogP contribution in [0.5, 0.6) is 0 Å². The van der Waals surface area contributed by atoms with Crippen molar-refractivity contribution in [1.29, 1.82) is 0 Å². The third-order valence-electron chi connectivity index (χ3n) is 3.48. The fourth-order valence-corrected chi connectivity index (χ4v) is 5.93. The third kappa shape index (κ3) is 11.8. The van der Waals surface area contributed by atoms with Gasteiger partial charge in [0.15, 0.2) is 19.5 Å². The van der Waals surface area contributed by atoms with Gasteiger partial charge in [-0.1, -0.05) is 33.1 Å². The van der Waals surface area contributed by atoms with Gasteiger partial charge in [-0.2, -0.15) is 0 Å². The topological polar surface area (TPSA) is 18.5 Å². The van der Waals surface area contributed by atoms with Crippen LogP contribution in [0.2, 0.25) is 12.1 Å². The molecule has 0 fully saturated rings. The van der Waals surface area contributed by atoms with Crippen molar-refractivity contribution in [2.45, 2.75) is 96.9 Å². The molecule has 0 radical (unpaired) electrons. The Hall–Kier alpha value is 0.354. The molecule has 0 atom stereocenters. The van der Waals surface area contributed by atoms with Crippen molar-refractivity contribution in [1.82, 2.24) is 0 Å². The van der Waals surface area contributed by atoms with E-state index in [0.717, 1.165) is 0 Å². The maximum absolute atomic E-state index is 6.07. The van der Waals surface area contributed by atoms with E-state index in [2.05, 4.69) is 41.5 Å². The highest BCUT2D eigenvalue weighted by atomic mass is 28.2. The molecule has 0 unspecified atom stereocenters. The van der Waals surface area contributed by atoms with Gasteiger partial charge in [-0.25, -0.2) is 0 Å². The average Bonchev–Trinajstić information content (AvgIpc) is 2.27. The van der Waals surface area contributed by atoms with Gasteiger partial charge in [0, 0.05) is 11.2 Å². The first-order valence-electron chi connectivity index (χ1n) is 8.11. The lowest BCUT2D eigenvalue weighted by molar-refractivity contribution is 0.103. The monoisotopic (exact) mass is 304 g/mol. The summed E-state index contributed by atoms with van der Waals surface area (Å²) in [6, 6.07) is 2.63. The molecule has 0 saturated carbocycles. The summed E-state index contributed by atoms with van der Waals surface area (Å²) in [4.78, 5) is 0. The molecule has 0 aromatic carbocycles. The van der Waals surface area contributed by atoms with Crippen LogP contribution in [0, 0.1) is 0 Å². The van der Waals surface area contributed by atoms with Crippen LogP contribution in [0.4, 0.5) is 0 Å². The first kappa shape index (κ1) is 19.4. The smallest absolute Gasteiger partial charge is 0.162 e. The summed E-state index contributed by atoms with van der Waals surface area (Å²) in [5, 5.41) is 0. The van der Waals surface area contributed by atoms with Crippen molar-refractivity contribution in [3.05, 3.63) is 0 Å². The summed E-state index contributed by atoms with van der Waals surface area (Å²) in [7, 11) is -0.636. The second kappa shape index (κ2) is 10.1. The van der Waals surface area contributed by atoms with Crippen molar-refractivity contribution in [2.75, 3.05) is 0 Å². The van der Waals surface area contributed by atoms with E-state index in [0.29, 0.717) is 0 Å². The molecule has 0 amide bonds. The summed E-state index contributed by atoms with van der Waals surface area (Å²) in [6.07, 6.45) is 6.12. The second-order valence-corrected chi connectivity index (χ2v) is 9.59. The average molecular weight is 305 g/mol. The Balaban J connectivity index is 3.46. The van der Waals surface area contributed by atoms with Gasteiger partial charge in [-0.3, -0.25) is 0 Å². The summed E-state index contributed by atoms with van der Waals surface area (Å²) < 4.78 is 12.1. The Morgan fingerprint density at radius 2 is 1.11 bits per heavy atom. The molecular formula is C15H36O2Si2. The van der Waals surface area contributed by atoms with E-state index in [1.165, 1.54) is 44.2 Å². The summed E-state index contributed by atoms with van der Waals surface area (Å²) in [5.74, 6) is 0. The van der Waals surface area contributed by atoms with E-state index in [1.807, 2.05) is 0 Å². The first-order chi connectivity index (χ1) is 8.83. The van der Waals surface area contributed by atoms with E-state index in [4.69, 9.17) is 8.85 Å². The molecule has 0 aliphatic heterocycles. The fraction of sp³-hybridized carbons (Fsp3) is 1.00. The van der Waals surface area contributed by atoms with E-state index < -0.39 is 0 Å². The Bertz CT molecular complexity index is 196. The van der Waals surface area contributed by atoms with E-state index in [9.17, 15) is 0 Å². The zero-order valence-electron chi connectivity index (χ0n) is 14.2. The van der Waals surface area contributed by atoms with Gasteiger partial charge in [0.1, 0.15) is 0 Å². The van der Waals surface area contributed by atoms with Gasteiger partial charge in [0.05, 0.1) is 0 Å². The predicted octanol–water partition coefficient (Wildman–Crippen LogP) is 3.57. The second-order valence-electron chi connectivity index (χ2n) is 6.78. The molecular weight excluding hydrogens is 268 g/mol. The van der Waals surface area contributed by atoms with Crippen LogP contribution < -0.4 is 0 Å². The van der Waals surface area contributed by atoms with Crippen LogP contribution in [-0.2, 0) is 8.85 Å². The Labute approximate surface area is 125 Å². The molecule has 19 heavy (non-hydrogen) atoms. The molecule has 0 bridgehead atoms. The SMILES string of the molecule is CCCC(C)(C)O[SiH2]CCC[SiH2]OC(C)(C)CCC. The maximum atomic E-state index is 6.07. The molecule has 0 spiro atoms. The van der Waals surface area contributed by atoms with E-state index >= 15 is 0 Å². The molecule has 0 aromatic rings. The lowest BCUT2D eigenvalue weighted by atomic mass is 10.0. The van der Waals surface area contributed by atoms with Crippen LogP contribution in [0.15, 0.2) is 0 Å². The summed E-state index contributed by atoms with van der Waals surface area (Å²) in [6.45, 7) is 13.4. The number of rotatable bonds is 12. The van der Waals surface area contributed by atoms with Gasteiger partial charge < -0.3 is 8.85 Å². The van der Waals surface area contributed by atoms with Gasteiger partial charge in [-0.05, 0) is 52.6 Å². The normalized spacial score (nSPS) is 14.2. The predicted molar refractivity (Wildman–Crippen MR) is 91.5 cm³/mol. The van der Waals surface area contributed by atoms with Crippen LogP contribution in [0.3, 0.4) is 0 Å². The van der Waals surface area contributed by atoms with Crippen LogP contribution in [0.25, 0.3) is 0 Å². The highest BCUT2D eigenvalue weighted by Crippen LogP contribution is 2.18. The lowest BCUT2D eigenvalue weighted by Crippen LogP contribution is -2.26. The first-order valence-corrected chi connectivity index (χ1v) is 11.3. The van der Waals surface area contributed by atoms with E-state index in [-0.39, 0.29) is 30.7 Å². The van der Waals surface area contributed by atoms with Crippen molar-refractivity contribution < 1.29 is 8.85 Å². The molecule has 116 valence electrons. The summed E-state index contributed by atoms with van der Waals surface area (Å²) >= 11 is 0. The fourth-order valence-electron chi connectivity index (χ4n) is 2.43. The Morgan fingerprint density at radius 1 is 0.737 bits per heavy atom. The standard InChI is InChI=1S/C15H36O2Si2/c1-7-10-14(3,4)16-18-12-9-13-19-17-15(5,6)11-8-2/h7-13,18-19H2,1-6H3. The Morgan fingerprint density at radius 3 is 1.42 bits per heavy atom. The summed E-state index contributed by atoms with van der Waals surface area (Å²) in [5.41, 5.74) is 0.246. The molecule has 0 N–H and O–H groups in total. The molecule has 0 aromatic heterocycles. The quantitative estimate of drug-likeness (QED) is 0.405. The molecule has 0 aliphatic rings. The highest BCUT2D eigenvalue weighted by Gasteiger charge is 2.17. The molecule has 0 rings (SSSR count). The molecule has 4 heteroatoms.